The molecule has 0 aromatic heterocycles. The van der Waals surface area contributed by atoms with E-state index in [1.54, 1.807) is 0 Å². The molecule has 0 atom stereocenters. The molecule has 0 saturated heterocycles. The van der Waals surface area contributed by atoms with Crippen molar-refractivity contribution in [3.63, 3.8) is 0 Å². The Bertz CT molecular complexity index is 609. The predicted octanol–water partition coefficient (Wildman–Crippen LogP) is 2.40. The molecule has 20 heavy (non-hydrogen) atoms. The Labute approximate surface area is 123 Å². The topological polar surface area (TPSA) is 57.6 Å². The number of hydrogen-bond acceptors (Lipinski definition) is 3. The van der Waals surface area contributed by atoms with E-state index in [4.69, 9.17) is 11.6 Å². The quantitative estimate of drug-likeness (QED) is 0.906. The Morgan fingerprint density at radius 3 is 2.55 bits per heavy atom. The third-order valence-corrected chi connectivity index (χ3v) is 5.21. The highest BCUT2D eigenvalue weighted by atomic mass is 35.5. The van der Waals surface area contributed by atoms with Crippen molar-refractivity contribution in [3.8, 4) is 0 Å². The molecule has 1 fully saturated rings. The van der Waals surface area contributed by atoms with Crippen LogP contribution in [0.4, 0.5) is 4.39 Å². The van der Waals surface area contributed by atoms with E-state index in [1.165, 1.54) is 36.4 Å². The van der Waals surface area contributed by atoms with Crippen molar-refractivity contribution in [3.05, 3.63) is 29.0 Å². The number of hydrogen-bond donors (Lipinski definition) is 1. The van der Waals surface area contributed by atoms with E-state index < -0.39 is 26.3 Å². The molecule has 0 unspecified atom stereocenters. The lowest BCUT2D eigenvalue weighted by molar-refractivity contribution is 0.0575. The van der Waals surface area contributed by atoms with Crippen LogP contribution in [0.5, 0.6) is 0 Å². The van der Waals surface area contributed by atoms with Crippen molar-refractivity contribution in [2.24, 2.45) is 0 Å². The van der Waals surface area contributed by atoms with Crippen LogP contribution >= 0.6 is 11.6 Å². The molecule has 0 heterocycles. The monoisotopic (exact) mass is 321 g/mol. The molecule has 0 radical (unpaired) electrons. The van der Waals surface area contributed by atoms with Crippen LogP contribution in [0.1, 0.15) is 26.7 Å². The van der Waals surface area contributed by atoms with Crippen molar-refractivity contribution >= 4 is 21.6 Å². The maximum Gasteiger partial charge on any atom is 0.246 e. The second kappa shape index (κ2) is 5.26. The minimum absolute atomic E-state index is 0.0774. The van der Waals surface area contributed by atoms with Crippen LogP contribution in [0.15, 0.2) is 23.1 Å². The fraction of sp³-hybridized carbons (Fsp3) is 0.538. The summed E-state index contributed by atoms with van der Waals surface area (Å²) in [4.78, 5) is -0.443. The lowest BCUT2D eigenvalue weighted by Crippen LogP contribution is -2.43. The Hall–Kier alpha value is -0.690. The fourth-order valence-electron chi connectivity index (χ4n) is 1.96. The van der Waals surface area contributed by atoms with Gasteiger partial charge in [0.2, 0.25) is 10.0 Å². The number of benzene rings is 1. The van der Waals surface area contributed by atoms with E-state index in [2.05, 4.69) is 0 Å². The first-order chi connectivity index (χ1) is 9.13. The lowest BCUT2D eigenvalue weighted by atomic mass is 10.1. The number of aliphatic hydroxyl groups is 1. The van der Waals surface area contributed by atoms with Gasteiger partial charge < -0.3 is 5.11 Å². The first-order valence-electron chi connectivity index (χ1n) is 6.31. The summed E-state index contributed by atoms with van der Waals surface area (Å²) in [5.74, 6) is -0.949. The second-order valence-electron chi connectivity index (χ2n) is 5.65. The molecule has 1 N–H and O–H groups in total. The molecule has 0 amide bonds. The Kier molecular flexibility index (Phi) is 4.12. The Morgan fingerprint density at radius 2 is 2.05 bits per heavy atom. The zero-order valence-corrected chi connectivity index (χ0v) is 12.9. The smallest absolute Gasteiger partial charge is 0.246 e. The van der Waals surface area contributed by atoms with Gasteiger partial charge >= 0.3 is 0 Å². The minimum Gasteiger partial charge on any atom is -0.389 e. The summed E-state index contributed by atoms with van der Waals surface area (Å²) < 4.78 is 40.3. The summed E-state index contributed by atoms with van der Waals surface area (Å²) in [7, 11) is -4.01. The van der Waals surface area contributed by atoms with E-state index in [9.17, 15) is 17.9 Å². The SMILES string of the molecule is CC(C)(O)CN(C1CC1)S(=O)(=O)c1cccc(Cl)c1F. The molecule has 1 saturated carbocycles. The standard InChI is InChI=1S/C13H17ClFNO3S/c1-13(2,17)8-16(9-6-7-9)20(18,19)11-5-3-4-10(14)12(11)15/h3-5,9,17H,6-8H2,1-2H3. The Balaban J connectivity index is 2.43. The molecule has 2 rings (SSSR count). The van der Waals surface area contributed by atoms with Gasteiger partial charge in [0, 0.05) is 12.6 Å². The third-order valence-electron chi connectivity index (χ3n) is 3.00. The lowest BCUT2D eigenvalue weighted by Gasteiger charge is -2.28. The summed E-state index contributed by atoms with van der Waals surface area (Å²) in [6.45, 7) is 2.96. The van der Waals surface area contributed by atoms with E-state index in [1.807, 2.05) is 0 Å². The molecule has 0 aliphatic heterocycles. The number of nitrogens with zero attached hydrogens (tertiary/aromatic N) is 1. The Morgan fingerprint density at radius 1 is 1.45 bits per heavy atom. The van der Waals surface area contributed by atoms with Crippen LogP contribution in [0.2, 0.25) is 5.02 Å². The normalized spacial score (nSPS) is 16.7. The first-order valence-corrected chi connectivity index (χ1v) is 8.13. The zero-order valence-electron chi connectivity index (χ0n) is 11.3. The molecule has 7 heteroatoms. The number of rotatable bonds is 5. The molecule has 0 spiro atoms. The highest BCUT2D eigenvalue weighted by molar-refractivity contribution is 7.89. The van der Waals surface area contributed by atoms with Crippen molar-refractivity contribution in [1.29, 1.82) is 0 Å². The molecule has 1 aromatic carbocycles. The highest BCUT2D eigenvalue weighted by Crippen LogP contribution is 2.34. The number of sulfonamides is 1. The maximum atomic E-state index is 14.0. The van der Waals surface area contributed by atoms with Crippen LogP contribution < -0.4 is 0 Å². The third kappa shape index (κ3) is 3.31. The van der Waals surface area contributed by atoms with Gasteiger partial charge in [0.05, 0.1) is 10.6 Å². The van der Waals surface area contributed by atoms with Crippen LogP contribution in [0.3, 0.4) is 0 Å². The van der Waals surface area contributed by atoms with Gasteiger partial charge in [0.15, 0.2) is 5.82 Å². The summed E-state index contributed by atoms with van der Waals surface area (Å²) in [6, 6.07) is 3.71. The molecule has 1 aromatic rings. The molecule has 4 nitrogen and oxygen atoms in total. The molecule has 1 aliphatic rings. The maximum absolute atomic E-state index is 14.0. The molecular formula is C13H17ClFNO3S. The van der Waals surface area contributed by atoms with Crippen molar-refractivity contribution < 1.29 is 17.9 Å². The van der Waals surface area contributed by atoms with Gasteiger partial charge in [-0.15, -0.1) is 0 Å². The van der Waals surface area contributed by atoms with Gasteiger partial charge in [-0.25, -0.2) is 12.8 Å². The molecule has 112 valence electrons. The van der Waals surface area contributed by atoms with E-state index in [-0.39, 0.29) is 17.6 Å². The van der Waals surface area contributed by atoms with E-state index in [0.29, 0.717) is 0 Å². The number of halogens is 2. The van der Waals surface area contributed by atoms with Crippen LogP contribution in [0.25, 0.3) is 0 Å². The van der Waals surface area contributed by atoms with Gasteiger partial charge in [-0.3, -0.25) is 0 Å². The summed E-state index contributed by atoms with van der Waals surface area (Å²) >= 11 is 5.65. The molecule has 0 bridgehead atoms. The van der Waals surface area contributed by atoms with Gasteiger partial charge in [-0.2, -0.15) is 4.31 Å². The second-order valence-corrected chi connectivity index (χ2v) is 7.91. The van der Waals surface area contributed by atoms with Gasteiger partial charge in [0.25, 0.3) is 0 Å². The average Bonchev–Trinajstić information content (AvgIpc) is 3.12. The zero-order chi connectivity index (χ0) is 15.1. The largest absolute Gasteiger partial charge is 0.389 e. The van der Waals surface area contributed by atoms with Crippen molar-refractivity contribution in [1.82, 2.24) is 4.31 Å². The van der Waals surface area contributed by atoms with Gasteiger partial charge in [-0.05, 0) is 38.8 Å². The first kappa shape index (κ1) is 15.7. The minimum atomic E-state index is -4.01. The van der Waals surface area contributed by atoms with Crippen LogP contribution in [-0.2, 0) is 10.0 Å². The summed E-state index contributed by atoms with van der Waals surface area (Å²) in [5, 5.41) is 9.64. The van der Waals surface area contributed by atoms with Crippen LogP contribution in [-0.4, -0.2) is 36.0 Å². The van der Waals surface area contributed by atoms with Gasteiger partial charge in [-0.1, -0.05) is 17.7 Å². The van der Waals surface area contributed by atoms with Crippen molar-refractivity contribution in [2.75, 3.05) is 6.54 Å². The summed E-state index contributed by atoms with van der Waals surface area (Å²) in [5.41, 5.74) is -1.19. The molecule has 1 aliphatic carbocycles. The molecular weight excluding hydrogens is 305 g/mol. The van der Waals surface area contributed by atoms with Gasteiger partial charge in [0.1, 0.15) is 4.90 Å². The van der Waals surface area contributed by atoms with E-state index >= 15 is 0 Å². The predicted molar refractivity (Wildman–Crippen MR) is 74.6 cm³/mol. The fourth-order valence-corrected chi connectivity index (χ4v) is 4.12. The highest BCUT2D eigenvalue weighted by Gasteiger charge is 2.41. The summed E-state index contributed by atoms with van der Waals surface area (Å²) in [6.07, 6.45) is 1.44. The van der Waals surface area contributed by atoms with Crippen LogP contribution in [0, 0.1) is 5.82 Å². The average molecular weight is 322 g/mol. The van der Waals surface area contributed by atoms with Crippen molar-refractivity contribution in [2.45, 2.75) is 43.2 Å². The van der Waals surface area contributed by atoms with E-state index in [0.717, 1.165) is 12.8 Å².